The van der Waals surface area contributed by atoms with Gasteiger partial charge in [0.25, 0.3) is 5.69 Å². The zero-order valence-electron chi connectivity index (χ0n) is 13.9. The number of benzene rings is 2. The first-order valence-corrected chi connectivity index (χ1v) is 8.35. The summed E-state index contributed by atoms with van der Waals surface area (Å²) in [5, 5.41) is 13.7. The van der Waals surface area contributed by atoms with Crippen LogP contribution in [0.2, 0.25) is 5.02 Å². The summed E-state index contributed by atoms with van der Waals surface area (Å²) in [4.78, 5) is 36.7. The first-order chi connectivity index (χ1) is 12.3. The molecule has 1 heterocycles. The molecule has 2 amide bonds. The number of aryl methyl sites for hydroxylation is 1. The average Bonchev–Trinajstić information content (AvgIpc) is 2.98. The molecule has 1 atom stereocenters. The molecule has 134 valence electrons. The van der Waals surface area contributed by atoms with Gasteiger partial charge in [0.05, 0.1) is 21.6 Å². The third kappa shape index (κ3) is 3.67. The Bertz CT molecular complexity index is 900. The van der Waals surface area contributed by atoms with Crippen molar-refractivity contribution in [3.05, 3.63) is 63.2 Å². The maximum absolute atomic E-state index is 12.5. The van der Waals surface area contributed by atoms with E-state index in [9.17, 15) is 19.7 Å². The van der Waals surface area contributed by atoms with Crippen LogP contribution in [0.15, 0.2) is 42.5 Å². The number of halogens is 1. The van der Waals surface area contributed by atoms with Gasteiger partial charge in [0.1, 0.15) is 0 Å². The van der Waals surface area contributed by atoms with Gasteiger partial charge in [-0.25, -0.2) is 0 Å². The highest BCUT2D eigenvalue weighted by atomic mass is 35.5. The minimum Gasteiger partial charge on any atom is -0.324 e. The van der Waals surface area contributed by atoms with Crippen molar-refractivity contribution in [2.75, 3.05) is 16.8 Å². The number of amides is 2. The number of anilines is 2. The van der Waals surface area contributed by atoms with Crippen molar-refractivity contribution >= 4 is 40.5 Å². The van der Waals surface area contributed by atoms with E-state index in [0.29, 0.717) is 0 Å². The van der Waals surface area contributed by atoms with Crippen LogP contribution in [0.5, 0.6) is 0 Å². The first-order valence-electron chi connectivity index (χ1n) is 7.97. The first kappa shape index (κ1) is 17.9. The molecule has 8 heteroatoms. The van der Waals surface area contributed by atoms with Gasteiger partial charge in [-0.05, 0) is 30.7 Å². The molecule has 0 saturated carbocycles. The lowest BCUT2D eigenvalue weighted by molar-refractivity contribution is -0.384. The highest BCUT2D eigenvalue weighted by molar-refractivity contribution is 6.33. The normalized spacial score (nSPS) is 16.6. The van der Waals surface area contributed by atoms with E-state index >= 15 is 0 Å². The summed E-state index contributed by atoms with van der Waals surface area (Å²) in [6.07, 6.45) is 0.0757. The fourth-order valence-electron chi connectivity index (χ4n) is 2.89. The second kappa shape index (κ2) is 7.13. The summed E-state index contributed by atoms with van der Waals surface area (Å²) >= 11 is 6.01. The number of nitrogens with zero attached hydrogens (tertiary/aromatic N) is 2. The number of carbonyl (C=O) groups is 2. The summed E-state index contributed by atoms with van der Waals surface area (Å²) in [5.41, 5.74) is 1.76. The maximum Gasteiger partial charge on any atom is 0.271 e. The quantitative estimate of drug-likeness (QED) is 0.655. The van der Waals surface area contributed by atoms with Crippen molar-refractivity contribution in [3.8, 4) is 0 Å². The molecule has 0 spiro atoms. The molecule has 26 heavy (non-hydrogen) atoms. The third-order valence-electron chi connectivity index (χ3n) is 4.23. The monoisotopic (exact) mass is 373 g/mol. The van der Waals surface area contributed by atoms with E-state index in [1.807, 2.05) is 31.2 Å². The summed E-state index contributed by atoms with van der Waals surface area (Å²) in [6, 6.07) is 11.3. The van der Waals surface area contributed by atoms with E-state index in [1.54, 1.807) is 4.90 Å². The molecule has 1 fully saturated rings. The van der Waals surface area contributed by atoms with Crippen LogP contribution in [0.3, 0.4) is 0 Å². The Labute approximate surface area is 154 Å². The molecular weight excluding hydrogens is 358 g/mol. The molecule has 2 aromatic rings. The molecule has 1 aliphatic heterocycles. The molecule has 1 saturated heterocycles. The van der Waals surface area contributed by atoms with Crippen LogP contribution >= 0.6 is 11.6 Å². The number of nitro benzene ring substituents is 1. The zero-order chi connectivity index (χ0) is 18.8. The van der Waals surface area contributed by atoms with E-state index < -0.39 is 16.7 Å². The predicted octanol–water partition coefficient (Wildman–Crippen LogP) is 3.55. The van der Waals surface area contributed by atoms with Crippen LogP contribution in [0.4, 0.5) is 17.1 Å². The van der Waals surface area contributed by atoms with Gasteiger partial charge < -0.3 is 10.2 Å². The molecule has 7 nitrogen and oxygen atoms in total. The van der Waals surface area contributed by atoms with Gasteiger partial charge in [0.15, 0.2) is 0 Å². The van der Waals surface area contributed by atoms with Crippen LogP contribution in [0, 0.1) is 23.0 Å². The molecule has 0 radical (unpaired) electrons. The van der Waals surface area contributed by atoms with Gasteiger partial charge in [-0.2, -0.15) is 0 Å². The number of carbonyl (C=O) groups excluding carboxylic acids is 2. The zero-order valence-corrected chi connectivity index (χ0v) is 14.7. The standard InChI is InChI=1S/C18H16ClN3O4/c1-11-3-2-4-13(7-11)21-10-12(8-17(21)23)18(24)20-16-9-14(22(25)26)5-6-15(16)19/h2-7,9,12H,8,10H2,1H3,(H,20,24). The number of hydrogen-bond donors (Lipinski definition) is 1. The van der Waals surface area contributed by atoms with Gasteiger partial charge in [-0.1, -0.05) is 23.7 Å². The van der Waals surface area contributed by atoms with Crippen molar-refractivity contribution in [2.45, 2.75) is 13.3 Å². The van der Waals surface area contributed by atoms with Gasteiger partial charge in [-0.3, -0.25) is 19.7 Å². The second-order valence-corrected chi connectivity index (χ2v) is 6.56. The molecule has 3 rings (SSSR count). The highest BCUT2D eigenvalue weighted by Gasteiger charge is 2.35. The smallest absolute Gasteiger partial charge is 0.271 e. The molecule has 2 aromatic carbocycles. The highest BCUT2D eigenvalue weighted by Crippen LogP contribution is 2.30. The minimum absolute atomic E-state index is 0.0757. The van der Waals surface area contributed by atoms with Crippen molar-refractivity contribution in [2.24, 2.45) is 5.92 Å². The Kier molecular flexibility index (Phi) is 4.90. The Hall–Kier alpha value is -2.93. The molecule has 1 N–H and O–H groups in total. The molecule has 1 unspecified atom stereocenters. The number of nitrogens with one attached hydrogen (secondary N) is 1. The van der Waals surface area contributed by atoms with Crippen LogP contribution in [0.1, 0.15) is 12.0 Å². The predicted molar refractivity (Wildman–Crippen MR) is 98.4 cm³/mol. The van der Waals surface area contributed by atoms with Gasteiger partial charge in [-0.15, -0.1) is 0 Å². The Morgan fingerprint density at radius 2 is 2.08 bits per heavy atom. The van der Waals surface area contributed by atoms with Crippen LogP contribution < -0.4 is 10.2 Å². The minimum atomic E-state index is -0.565. The van der Waals surface area contributed by atoms with Crippen LogP contribution in [-0.4, -0.2) is 23.3 Å². The molecule has 0 bridgehead atoms. The molecule has 1 aliphatic rings. The van der Waals surface area contributed by atoms with Gasteiger partial charge in [0, 0.05) is 30.8 Å². The Morgan fingerprint density at radius 1 is 1.31 bits per heavy atom. The Morgan fingerprint density at radius 3 is 2.77 bits per heavy atom. The molecule has 0 aromatic heterocycles. The summed E-state index contributed by atoms with van der Waals surface area (Å²) in [7, 11) is 0. The fourth-order valence-corrected chi connectivity index (χ4v) is 3.05. The van der Waals surface area contributed by atoms with E-state index in [0.717, 1.165) is 11.3 Å². The third-order valence-corrected chi connectivity index (χ3v) is 4.56. The topological polar surface area (TPSA) is 92.6 Å². The summed E-state index contributed by atoms with van der Waals surface area (Å²) in [6.45, 7) is 2.18. The molecular formula is C18H16ClN3O4. The number of rotatable bonds is 4. The lowest BCUT2D eigenvalue weighted by Gasteiger charge is -2.17. The van der Waals surface area contributed by atoms with Gasteiger partial charge in [0.2, 0.25) is 11.8 Å². The number of hydrogen-bond acceptors (Lipinski definition) is 4. The number of nitro groups is 1. The average molecular weight is 374 g/mol. The van der Waals surface area contributed by atoms with E-state index in [1.165, 1.54) is 18.2 Å². The van der Waals surface area contributed by atoms with Crippen molar-refractivity contribution in [3.63, 3.8) is 0 Å². The molecule has 0 aliphatic carbocycles. The Balaban J connectivity index is 1.75. The fraction of sp³-hybridized carbons (Fsp3) is 0.222. The number of non-ortho nitro benzene ring substituents is 1. The van der Waals surface area contributed by atoms with Crippen molar-refractivity contribution in [1.82, 2.24) is 0 Å². The van der Waals surface area contributed by atoms with Crippen molar-refractivity contribution in [1.29, 1.82) is 0 Å². The summed E-state index contributed by atoms with van der Waals surface area (Å²) < 4.78 is 0. The van der Waals surface area contributed by atoms with E-state index in [-0.39, 0.29) is 35.3 Å². The maximum atomic E-state index is 12.5. The lowest BCUT2D eigenvalue weighted by atomic mass is 10.1. The SMILES string of the molecule is Cc1cccc(N2CC(C(=O)Nc3cc([N+](=O)[O-])ccc3Cl)CC2=O)c1. The summed E-state index contributed by atoms with van der Waals surface area (Å²) in [5.74, 6) is -1.09. The van der Waals surface area contributed by atoms with E-state index in [4.69, 9.17) is 11.6 Å². The lowest BCUT2D eigenvalue weighted by Crippen LogP contribution is -2.28. The van der Waals surface area contributed by atoms with E-state index in [2.05, 4.69) is 5.32 Å². The second-order valence-electron chi connectivity index (χ2n) is 6.15. The van der Waals surface area contributed by atoms with Crippen LogP contribution in [-0.2, 0) is 9.59 Å². The van der Waals surface area contributed by atoms with Crippen molar-refractivity contribution < 1.29 is 14.5 Å². The largest absolute Gasteiger partial charge is 0.324 e. The van der Waals surface area contributed by atoms with Crippen LogP contribution in [0.25, 0.3) is 0 Å². The van der Waals surface area contributed by atoms with Gasteiger partial charge >= 0.3 is 0 Å².